The molecular formula is C19H40IN5O. The van der Waals surface area contributed by atoms with Gasteiger partial charge in [-0.15, -0.1) is 24.0 Å². The maximum atomic E-state index is 5.40. The quantitative estimate of drug-likeness (QED) is 0.241. The van der Waals surface area contributed by atoms with Gasteiger partial charge in [0.15, 0.2) is 5.96 Å². The lowest BCUT2D eigenvalue weighted by atomic mass is 9.84. The van der Waals surface area contributed by atoms with Gasteiger partial charge in [-0.1, -0.05) is 6.42 Å². The number of hydrogen-bond acceptors (Lipinski definition) is 4. The van der Waals surface area contributed by atoms with E-state index in [9.17, 15) is 0 Å². The summed E-state index contributed by atoms with van der Waals surface area (Å²) in [6.07, 6.45) is 7.60. The number of ether oxygens (including phenoxy) is 1. The Morgan fingerprint density at radius 1 is 1.08 bits per heavy atom. The van der Waals surface area contributed by atoms with Crippen LogP contribution in [0.5, 0.6) is 0 Å². The molecule has 0 aromatic carbocycles. The Morgan fingerprint density at radius 2 is 1.77 bits per heavy atom. The second-order valence-electron chi connectivity index (χ2n) is 7.48. The van der Waals surface area contributed by atoms with Gasteiger partial charge in [-0.3, -0.25) is 9.89 Å². The minimum atomic E-state index is 0. The largest absolute Gasteiger partial charge is 0.382 e. The molecule has 0 unspecified atom stereocenters. The Kier molecular flexibility index (Phi) is 12.1. The Hall–Kier alpha value is -0.120. The number of guanidine groups is 1. The lowest BCUT2D eigenvalue weighted by molar-refractivity contribution is 0.0173. The number of likely N-dealkylation sites (tertiary alicyclic amines) is 2. The molecule has 0 aliphatic carbocycles. The predicted octanol–water partition coefficient (Wildman–Crippen LogP) is 2.15. The highest BCUT2D eigenvalue weighted by Gasteiger charge is 2.39. The molecule has 2 aliphatic heterocycles. The molecule has 2 N–H and O–H groups in total. The molecule has 2 rings (SSSR count). The molecule has 2 aliphatic rings. The number of piperidine rings is 2. The predicted molar refractivity (Wildman–Crippen MR) is 121 cm³/mol. The van der Waals surface area contributed by atoms with E-state index in [0.717, 1.165) is 38.7 Å². The van der Waals surface area contributed by atoms with Crippen LogP contribution in [-0.2, 0) is 4.74 Å². The van der Waals surface area contributed by atoms with Crippen LogP contribution in [0.1, 0.15) is 45.4 Å². The Balaban J connectivity index is 0.00000338. The molecular weight excluding hydrogens is 441 g/mol. The minimum absolute atomic E-state index is 0. The number of aliphatic imine (C=N–C) groups is 1. The van der Waals surface area contributed by atoms with E-state index in [0.29, 0.717) is 0 Å². The molecule has 26 heavy (non-hydrogen) atoms. The van der Waals surface area contributed by atoms with Gasteiger partial charge < -0.3 is 20.3 Å². The summed E-state index contributed by atoms with van der Waals surface area (Å²) in [4.78, 5) is 9.63. The van der Waals surface area contributed by atoms with Crippen molar-refractivity contribution in [1.82, 2.24) is 20.4 Å². The molecule has 0 aromatic rings. The standard InChI is InChI=1S/C19H39N5O.HI/c1-4-25-16-8-11-21-18(20-2)22-17-19(9-14-23(3)15-10-19)24-12-6-5-7-13-24;/h4-17H2,1-3H3,(H2,20,21,22);1H. The topological polar surface area (TPSA) is 52.1 Å². The maximum Gasteiger partial charge on any atom is 0.191 e. The van der Waals surface area contributed by atoms with Gasteiger partial charge in [0.05, 0.1) is 0 Å². The fraction of sp³-hybridized carbons (Fsp3) is 0.947. The first kappa shape index (κ1) is 23.9. The molecule has 7 heteroatoms. The highest BCUT2D eigenvalue weighted by molar-refractivity contribution is 14.0. The zero-order valence-electron chi connectivity index (χ0n) is 17.1. The summed E-state index contributed by atoms with van der Waals surface area (Å²) in [5.41, 5.74) is 0.288. The van der Waals surface area contributed by atoms with Gasteiger partial charge in [0.25, 0.3) is 0 Å². The number of rotatable bonds is 8. The smallest absolute Gasteiger partial charge is 0.191 e. The van der Waals surface area contributed by atoms with Gasteiger partial charge in [-0.2, -0.15) is 0 Å². The first-order chi connectivity index (χ1) is 12.2. The van der Waals surface area contributed by atoms with Crippen LogP contribution < -0.4 is 10.6 Å². The SMILES string of the molecule is CCOCCCNC(=NC)NCC1(N2CCCCC2)CCN(C)CC1.I. The van der Waals surface area contributed by atoms with Gasteiger partial charge in [0, 0.05) is 38.9 Å². The third kappa shape index (κ3) is 7.48. The van der Waals surface area contributed by atoms with Crippen molar-refractivity contribution < 1.29 is 4.74 Å². The summed E-state index contributed by atoms with van der Waals surface area (Å²) in [5.74, 6) is 0.923. The molecule has 0 bridgehead atoms. The van der Waals surface area contributed by atoms with E-state index in [4.69, 9.17) is 4.74 Å². The highest BCUT2D eigenvalue weighted by Crippen LogP contribution is 2.30. The number of nitrogens with zero attached hydrogens (tertiary/aromatic N) is 3. The average molecular weight is 481 g/mol. The summed E-state index contributed by atoms with van der Waals surface area (Å²) in [7, 11) is 4.10. The summed E-state index contributed by atoms with van der Waals surface area (Å²) in [6, 6.07) is 0. The molecule has 0 spiro atoms. The van der Waals surface area contributed by atoms with E-state index < -0.39 is 0 Å². The van der Waals surface area contributed by atoms with Crippen molar-refractivity contribution in [3.8, 4) is 0 Å². The second-order valence-corrected chi connectivity index (χ2v) is 7.48. The maximum absolute atomic E-state index is 5.40. The third-order valence-corrected chi connectivity index (χ3v) is 5.72. The van der Waals surface area contributed by atoms with E-state index in [1.165, 1.54) is 58.3 Å². The van der Waals surface area contributed by atoms with Crippen molar-refractivity contribution in [3.05, 3.63) is 0 Å². The highest BCUT2D eigenvalue weighted by atomic mass is 127. The van der Waals surface area contributed by atoms with Crippen LogP contribution in [0.4, 0.5) is 0 Å². The van der Waals surface area contributed by atoms with Crippen LogP contribution in [0.15, 0.2) is 4.99 Å². The third-order valence-electron chi connectivity index (χ3n) is 5.72. The molecule has 2 fully saturated rings. The summed E-state index contributed by atoms with van der Waals surface area (Å²) < 4.78 is 5.40. The van der Waals surface area contributed by atoms with E-state index in [1.807, 2.05) is 14.0 Å². The van der Waals surface area contributed by atoms with Gasteiger partial charge in [0.2, 0.25) is 0 Å². The molecule has 2 heterocycles. The van der Waals surface area contributed by atoms with Crippen molar-refractivity contribution in [2.75, 3.05) is 66.6 Å². The van der Waals surface area contributed by atoms with Crippen LogP contribution >= 0.6 is 24.0 Å². The molecule has 154 valence electrons. The molecule has 0 saturated carbocycles. The van der Waals surface area contributed by atoms with Crippen molar-refractivity contribution >= 4 is 29.9 Å². The average Bonchev–Trinajstić information content (AvgIpc) is 2.66. The van der Waals surface area contributed by atoms with E-state index >= 15 is 0 Å². The monoisotopic (exact) mass is 481 g/mol. The van der Waals surface area contributed by atoms with E-state index in [-0.39, 0.29) is 29.5 Å². The Morgan fingerprint density at radius 3 is 2.38 bits per heavy atom. The van der Waals surface area contributed by atoms with Crippen molar-refractivity contribution in [3.63, 3.8) is 0 Å². The summed E-state index contributed by atoms with van der Waals surface area (Å²) >= 11 is 0. The van der Waals surface area contributed by atoms with E-state index in [2.05, 4.69) is 32.5 Å². The Labute approximate surface area is 177 Å². The molecule has 0 aromatic heterocycles. The van der Waals surface area contributed by atoms with Crippen LogP contribution in [0.3, 0.4) is 0 Å². The van der Waals surface area contributed by atoms with Crippen LogP contribution in [0.2, 0.25) is 0 Å². The van der Waals surface area contributed by atoms with Crippen LogP contribution in [-0.4, -0.2) is 87.9 Å². The van der Waals surface area contributed by atoms with Gasteiger partial charge in [-0.25, -0.2) is 0 Å². The Bertz CT molecular complexity index is 393. The second kappa shape index (κ2) is 13.1. The van der Waals surface area contributed by atoms with Crippen molar-refractivity contribution in [2.45, 2.75) is 51.0 Å². The lowest BCUT2D eigenvalue weighted by Crippen LogP contribution is -2.62. The molecule has 0 radical (unpaired) electrons. The molecule has 0 atom stereocenters. The molecule has 6 nitrogen and oxygen atoms in total. The zero-order valence-corrected chi connectivity index (χ0v) is 19.4. The fourth-order valence-corrected chi connectivity index (χ4v) is 4.00. The number of halogens is 1. The van der Waals surface area contributed by atoms with Crippen molar-refractivity contribution in [2.24, 2.45) is 4.99 Å². The fourth-order valence-electron chi connectivity index (χ4n) is 4.00. The molecule has 2 saturated heterocycles. The van der Waals surface area contributed by atoms with Gasteiger partial charge in [-0.05, 0) is 72.3 Å². The summed E-state index contributed by atoms with van der Waals surface area (Å²) in [6.45, 7) is 10.4. The summed E-state index contributed by atoms with van der Waals surface area (Å²) in [5, 5.41) is 7.05. The first-order valence-corrected chi connectivity index (χ1v) is 10.2. The zero-order chi connectivity index (χ0) is 18.0. The first-order valence-electron chi connectivity index (χ1n) is 10.2. The normalized spacial score (nSPS) is 21.9. The number of hydrogen-bond donors (Lipinski definition) is 2. The van der Waals surface area contributed by atoms with E-state index in [1.54, 1.807) is 0 Å². The van der Waals surface area contributed by atoms with Gasteiger partial charge in [0.1, 0.15) is 0 Å². The number of nitrogens with one attached hydrogen (secondary N) is 2. The van der Waals surface area contributed by atoms with Crippen LogP contribution in [0, 0.1) is 0 Å². The lowest BCUT2D eigenvalue weighted by Gasteiger charge is -2.50. The minimum Gasteiger partial charge on any atom is -0.382 e. The van der Waals surface area contributed by atoms with Gasteiger partial charge >= 0.3 is 0 Å². The molecule has 0 amide bonds. The van der Waals surface area contributed by atoms with Crippen molar-refractivity contribution in [1.29, 1.82) is 0 Å². The van der Waals surface area contributed by atoms with Crippen LogP contribution in [0.25, 0.3) is 0 Å².